The minimum absolute atomic E-state index is 0.0209. The van der Waals surface area contributed by atoms with Gasteiger partial charge >= 0.3 is 0 Å². The lowest BCUT2D eigenvalue weighted by Crippen LogP contribution is -2.54. The highest BCUT2D eigenvalue weighted by Crippen LogP contribution is 2.32. The van der Waals surface area contributed by atoms with Crippen molar-refractivity contribution in [1.82, 2.24) is 15.0 Å². The molecule has 0 aliphatic heterocycles. The molecule has 4 nitrogen and oxygen atoms in total. The Bertz CT molecular complexity index is 408. The van der Waals surface area contributed by atoms with Crippen molar-refractivity contribution >= 4 is 0 Å². The third-order valence-corrected chi connectivity index (χ3v) is 4.75. The minimum atomic E-state index is -0.361. The van der Waals surface area contributed by atoms with Gasteiger partial charge in [0.05, 0.1) is 11.2 Å². The summed E-state index contributed by atoms with van der Waals surface area (Å²) >= 11 is 0. The molecule has 0 bridgehead atoms. The highest BCUT2D eigenvalue weighted by Gasteiger charge is 2.38. The van der Waals surface area contributed by atoms with Crippen molar-refractivity contribution in [2.24, 2.45) is 11.7 Å². The van der Waals surface area contributed by atoms with E-state index in [1.165, 1.54) is 0 Å². The molecule has 0 aliphatic rings. The Morgan fingerprint density at radius 1 is 1.11 bits per heavy atom. The summed E-state index contributed by atoms with van der Waals surface area (Å²) < 4.78 is 1.90. The van der Waals surface area contributed by atoms with E-state index in [0.717, 1.165) is 5.69 Å². The number of hydrogen-bond donors (Lipinski definition) is 1. The second-order valence-corrected chi connectivity index (χ2v) is 7.21. The van der Waals surface area contributed by atoms with Crippen LogP contribution in [-0.4, -0.2) is 20.5 Å². The largest absolute Gasteiger partial charge is 0.324 e. The summed E-state index contributed by atoms with van der Waals surface area (Å²) in [4.78, 5) is 0. The fourth-order valence-corrected chi connectivity index (χ4v) is 1.42. The van der Waals surface area contributed by atoms with E-state index >= 15 is 0 Å². The molecule has 0 aromatic carbocycles. The van der Waals surface area contributed by atoms with E-state index in [1.807, 2.05) is 24.7 Å². The SMILES string of the molecule is CC(C)C(C)(C)c1cn(C(C)(C)C(C)(C)N)nn1. The van der Waals surface area contributed by atoms with Crippen molar-refractivity contribution in [2.75, 3.05) is 0 Å². The second kappa shape index (κ2) is 4.34. The van der Waals surface area contributed by atoms with Crippen LogP contribution in [0.1, 0.15) is 61.1 Å². The van der Waals surface area contributed by atoms with Crippen LogP contribution in [0.2, 0.25) is 0 Å². The zero-order chi connectivity index (χ0) is 14.4. The molecule has 0 amide bonds. The van der Waals surface area contributed by atoms with Crippen molar-refractivity contribution in [1.29, 1.82) is 0 Å². The smallest absolute Gasteiger partial charge is 0.0886 e. The van der Waals surface area contributed by atoms with Crippen molar-refractivity contribution in [3.63, 3.8) is 0 Å². The summed E-state index contributed by atoms with van der Waals surface area (Å²) in [5.41, 5.74) is 6.64. The van der Waals surface area contributed by atoms with Gasteiger partial charge in [-0.1, -0.05) is 32.9 Å². The molecule has 104 valence electrons. The topological polar surface area (TPSA) is 56.7 Å². The fraction of sp³-hybridized carbons (Fsp3) is 0.857. The Morgan fingerprint density at radius 2 is 1.61 bits per heavy atom. The van der Waals surface area contributed by atoms with Crippen molar-refractivity contribution in [2.45, 2.75) is 71.9 Å². The third kappa shape index (κ3) is 2.44. The van der Waals surface area contributed by atoms with Gasteiger partial charge in [-0.3, -0.25) is 0 Å². The van der Waals surface area contributed by atoms with Crippen molar-refractivity contribution in [3.05, 3.63) is 11.9 Å². The molecular weight excluding hydrogens is 224 g/mol. The van der Waals surface area contributed by atoms with Gasteiger partial charge in [0.25, 0.3) is 0 Å². The first-order valence-electron chi connectivity index (χ1n) is 6.63. The van der Waals surface area contributed by atoms with Crippen LogP contribution in [0.3, 0.4) is 0 Å². The summed E-state index contributed by atoms with van der Waals surface area (Å²) in [6.07, 6.45) is 2.04. The molecule has 1 heterocycles. The quantitative estimate of drug-likeness (QED) is 0.896. The number of rotatable bonds is 4. The second-order valence-electron chi connectivity index (χ2n) is 7.21. The zero-order valence-electron chi connectivity index (χ0n) is 13.1. The summed E-state index contributed by atoms with van der Waals surface area (Å²) in [6.45, 7) is 17.0. The molecule has 0 aliphatic carbocycles. The van der Waals surface area contributed by atoms with Gasteiger partial charge in [0.1, 0.15) is 0 Å². The maximum absolute atomic E-state index is 6.23. The van der Waals surface area contributed by atoms with Crippen LogP contribution in [0.15, 0.2) is 6.20 Å². The maximum Gasteiger partial charge on any atom is 0.0886 e. The van der Waals surface area contributed by atoms with Gasteiger partial charge < -0.3 is 5.73 Å². The van der Waals surface area contributed by atoms with Crippen LogP contribution in [0.25, 0.3) is 0 Å². The molecule has 1 rings (SSSR count). The predicted molar refractivity (Wildman–Crippen MR) is 75.5 cm³/mol. The Labute approximate surface area is 111 Å². The van der Waals surface area contributed by atoms with Crippen LogP contribution in [-0.2, 0) is 11.0 Å². The predicted octanol–water partition coefficient (Wildman–Crippen LogP) is 2.68. The first-order valence-corrected chi connectivity index (χ1v) is 6.63. The van der Waals surface area contributed by atoms with Crippen LogP contribution in [0, 0.1) is 5.92 Å². The first kappa shape index (κ1) is 15.2. The average molecular weight is 252 g/mol. The maximum atomic E-state index is 6.23. The Hall–Kier alpha value is -0.900. The molecule has 4 heteroatoms. The Kier molecular flexibility index (Phi) is 3.65. The van der Waals surface area contributed by atoms with Gasteiger partial charge in [-0.2, -0.15) is 0 Å². The molecule has 0 fully saturated rings. The number of nitrogens with zero attached hydrogens (tertiary/aromatic N) is 3. The Morgan fingerprint density at radius 3 is 2.00 bits per heavy atom. The summed E-state index contributed by atoms with van der Waals surface area (Å²) in [7, 11) is 0. The standard InChI is InChI=1S/C14H28N4/c1-10(2)12(3,4)11-9-18(17-16-11)14(7,8)13(5,6)15/h9-10H,15H2,1-8H3. The van der Waals surface area contributed by atoms with Crippen LogP contribution >= 0.6 is 0 Å². The van der Waals surface area contributed by atoms with Gasteiger partial charge in [0, 0.05) is 17.2 Å². The van der Waals surface area contributed by atoms with Gasteiger partial charge in [-0.25, -0.2) is 4.68 Å². The van der Waals surface area contributed by atoms with Crippen LogP contribution in [0.5, 0.6) is 0 Å². The van der Waals surface area contributed by atoms with E-state index in [1.54, 1.807) is 0 Å². The number of nitrogens with two attached hydrogens (primary N) is 1. The summed E-state index contributed by atoms with van der Waals surface area (Å²) in [5.74, 6) is 0.511. The van der Waals surface area contributed by atoms with Gasteiger partial charge in [0.2, 0.25) is 0 Å². The van der Waals surface area contributed by atoms with E-state index < -0.39 is 0 Å². The molecule has 0 saturated heterocycles. The van der Waals surface area contributed by atoms with E-state index in [2.05, 4.69) is 51.9 Å². The lowest BCUT2D eigenvalue weighted by Gasteiger charge is -2.38. The van der Waals surface area contributed by atoms with E-state index in [9.17, 15) is 0 Å². The molecule has 2 N–H and O–H groups in total. The lowest BCUT2D eigenvalue weighted by atomic mass is 9.78. The molecular formula is C14H28N4. The highest BCUT2D eigenvalue weighted by atomic mass is 15.5. The monoisotopic (exact) mass is 252 g/mol. The highest BCUT2D eigenvalue weighted by molar-refractivity contribution is 5.12. The van der Waals surface area contributed by atoms with Crippen LogP contribution < -0.4 is 5.73 Å². The fourth-order valence-electron chi connectivity index (χ4n) is 1.42. The molecule has 1 aromatic rings. The van der Waals surface area contributed by atoms with Crippen molar-refractivity contribution in [3.8, 4) is 0 Å². The molecule has 0 spiro atoms. The van der Waals surface area contributed by atoms with E-state index in [-0.39, 0.29) is 16.5 Å². The van der Waals surface area contributed by atoms with Crippen molar-refractivity contribution < 1.29 is 0 Å². The molecule has 0 radical (unpaired) electrons. The molecule has 0 unspecified atom stereocenters. The van der Waals surface area contributed by atoms with Gasteiger partial charge in [-0.15, -0.1) is 5.10 Å². The zero-order valence-corrected chi connectivity index (χ0v) is 13.1. The molecule has 18 heavy (non-hydrogen) atoms. The molecule has 0 saturated carbocycles. The Balaban J connectivity index is 3.16. The minimum Gasteiger partial charge on any atom is -0.324 e. The summed E-state index contributed by atoms with van der Waals surface area (Å²) in [5, 5.41) is 8.64. The lowest BCUT2D eigenvalue weighted by molar-refractivity contribution is 0.182. The third-order valence-electron chi connectivity index (χ3n) is 4.75. The van der Waals surface area contributed by atoms with E-state index in [4.69, 9.17) is 5.73 Å². The van der Waals surface area contributed by atoms with Gasteiger partial charge in [0.15, 0.2) is 0 Å². The molecule has 1 aromatic heterocycles. The van der Waals surface area contributed by atoms with E-state index in [0.29, 0.717) is 5.92 Å². The first-order chi connectivity index (χ1) is 7.90. The average Bonchev–Trinajstić information content (AvgIpc) is 2.64. The van der Waals surface area contributed by atoms with Crippen LogP contribution in [0.4, 0.5) is 0 Å². The normalized spacial score (nSPS) is 14.3. The number of hydrogen-bond acceptors (Lipinski definition) is 3. The number of aromatic nitrogens is 3. The molecule has 0 atom stereocenters. The summed E-state index contributed by atoms with van der Waals surface area (Å²) in [6, 6.07) is 0. The van der Waals surface area contributed by atoms with Gasteiger partial charge in [-0.05, 0) is 33.6 Å².